The molecule has 0 radical (unpaired) electrons. The molecule has 0 fully saturated rings. The summed E-state index contributed by atoms with van der Waals surface area (Å²) in [5.74, 6) is 1.78. The van der Waals surface area contributed by atoms with E-state index in [4.69, 9.17) is 31.7 Å². The van der Waals surface area contributed by atoms with E-state index in [-0.39, 0.29) is 34.0 Å². The molecule has 0 N–H and O–H groups in total. The molecular formula is C34H19N4O5P. The van der Waals surface area contributed by atoms with Crippen LogP contribution in [0, 0.1) is 35.8 Å². The Hall–Kier alpha value is -6.51. The highest BCUT2D eigenvalue weighted by Gasteiger charge is 2.31. The minimum absolute atomic E-state index is 0.169. The molecule has 5 aromatic carbocycles. The highest BCUT2D eigenvalue weighted by molar-refractivity contribution is 7.63. The number of nitriles is 2. The van der Waals surface area contributed by atoms with Gasteiger partial charge in [-0.3, -0.25) is 4.85 Å². The van der Waals surface area contributed by atoms with Crippen LogP contribution in [0.5, 0.6) is 34.5 Å². The minimum Gasteiger partial charge on any atom is -0.459 e. The summed E-state index contributed by atoms with van der Waals surface area (Å²) in [5, 5.41) is 18.8. The van der Waals surface area contributed by atoms with E-state index in [9.17, 15) is 15.1 Å². The lowest BCUT2D eigenvalue weighted by atomic mass is 10.1. The fraction of sp³-hybridized carbons (Fsp3) is 0. The molecule has 0 aliphatic rings. The quantitative estimate of drug-likeness (QED) is 0.124. The molecule has 0 saturated heterocycles. The zero-order valence-electron chi connectivity index (χ0n) is 22.7. The van der Waals surface area contributed by atoms with Gasteiger partial charge in [-0.25, -0.2) is 9.41 Å². The molecule has 0 spiro atoms. The number of ether oxygens (including phenoxy) is 2. The van der Waals surface area contributed by atoms with E-state index in [1.54, 1.807) is 78.9 Å². The van der Waals surface area contributed by atoms with Gasteiger partial charge in [-0.2, -0.15) is 10.5 Å². The van der Waals surface area contributed by atoms with E-state index in [0.717, 1.165) is 0 Å². The van der Waals surface area contributed by atoms with Gasteiger partial charge in [-0.1, -0.05) is 36.4 Å². The molecule has 0 aliphatic heterocycles. The summed E-state index contributed by atoms with van der Waals surface area (Å²) in [6.07, 6.45) is 0. The van der Waals surface area contributed by atoms with Crippen LogP contribution in [0.4, 0.5) is 11.4 Å². The Morgan fingerprint density at radius 3 is 1.64 bits per heavy atom. The van der Waals surface area contributed by atoms with Crippen molar-refractivity contribution in [3.8, 4) is 46.6 Å². The summed E-state index contributed by atoms with van der Waals surface area (Å²) in [6.45, 7) is 14.5. The van der Waals surface area contributed by atoms with E-state index in [2.05, 4.69) is 9.69 Å². The topological polar surface area (TPSA) is 110 Å². The summed E-state index contributed by atoms with van der Waals surface area (Å²) < 4.78 is 38.2. The van der Waals surface area contributed by atoms with Crippen LogP contribution in [0.15, 0.2) is 115 Å². The first-order valence-corrected chi connectivity index (χ1v) is 14.4. The first-order chi connectivity index (χ1) is 21.4. The number of rotatable bonds is 9. The van der Waals surface area contributed by atoms with Gasteiger partial charge in [0.2, 0.25) is 0 Å². The molecular weight excluding hydrogens is 575 g/mol. The van der Waals surface area contributed by atoms with Gasteiger partial charge in [-0.15, -0.1) is 0 Å². The summed E-state index contributed by atoms with van der Waals surface area (Å²) >= 11 is 0. The molecule has 0 heterocycles. The largest absolute Gasteiger partial charge is 0.462 e. The molecule has 44 heavy (non-hydrogen) atoms. The van der Waals surface area contributed by atoms with Crippen molar-refractivity contribution < 1.29 is 23.1 Å². The zero-order valence-corrected chi connectivity index (χ0v) is 23.6. The molecule has 1 atom stereocenters. The second-order valence-corrected chi connectivity index (χ2v) is 10.9. The Labute approximate surface area is 253 Å². The third kappa shape index (κ3) is 6.68. The van der Waals surface area contributed by atoms with E-state index < -0.39 is 7.60 Å². The highest BCUT2D eigenvalue weighted by atomic mass is 31.2. The average molecular weight is 595 g/mol. The maximum atomic E-state index is 14.3. The Kier molecular flexibility index (Phi) is 8.56. The van der Waals surface area contributed by atoms with Gasteiger partial charge in [-0.05, 0) is 66.7 Å². The highest BCUT2D eigenvalue weighted by Crippen LogP contribution is 2.49. The smallest absolute Gasteiger partial charge is 0.459 e. The van der Waals surface area contributed by atoms with E-state index in [0.29, 0.717) is 28.3 Å². The summed E-state index contributed by atoms with van der Waals surface area (Å²) in [4.78, 5) is 6.70. The SMILES string of the molecule is [C-]#[N+]c1ccc(Oc2cccc(OP(=O)(Oc3cccc(Oc4ccc(C#N)c(C#N)c4)c3)c3ccccc3)c2)cc1[N+]#[C-]. The van der Waals surface area contributed by atoms with Crippen LogP contribution in [-0.2, 0) is 4.57 Å². The Morgan fingerprint density at radius 2 is 1.07 bits per heavy atom. The second kappa shape index (κ2) is 13.0. The van der Waals surface area contributed by atoms with E-state index in [1.807, 2.05) is 12.1 Å². The lowest BCUT2D eigenvalue weighted by Crippen LogP contribution is -2.14. The number of nitrogens with zero attached hydrogens (tertiary/aromatic N) is 4. The number of benzene rings is 5. The zero-order chi connectivity index (χ0) is 30.9. The van der Waals surface area contributed by atoms with Crippen molar-refractivity contribution in [1.82, 2.24) is 0 Å². The number of hydrogen-bond acceptors (Lipinski definition) is 7. The monoisotopic (exact) mass is 594 g/mol. The van der Waals surface area contributed by atoms with Crippen LogP contribution >= 0.6 is 7.60 Å². The van der Waals surface area contributed by atoms with Gasteiger partial charge >= 0.3 is 7.60 Å². The number of hydrogen-bond donors (Lipinski definition) is 0. The maximum absolute atomic E-state index is 14.3. The standard InChI is InChI=1S/C34H19N4O5P/c1-37-33-17-16-29(21-34(33)38-2)41-27-9-7-11-31(20-27)43-44(39,32-12-4-3-5-13-32)42-30-10-6-8-26(19-30)40-28-15-14-24(22-35)25(18-28)23-36/h3-21H. The van der Waals surface area contributed by atoms with Crippen molar-refractivity contribution in [3.05, 3.63) is 149 Å². The fourth-order valence-corrected chi connectivity index (χ4v) is 5.57. The fourth-order valence-electron chi connectivity index (χ4n) is 4.00. The lowest BCUT2D eigenvalue weighted by Gasteiger charge is -2.21. The van der Waals surface area contributed by atoms with Gasteiger partial charge in [0.1, 0.15) is 46.6 Å². The Balaban J connectivity index is 1.40. The third-order valence-corrected chi connectivity index (χ3v) is 7.86. The minimum atomic E-state index is -4.03. The molecule has 5 aromatic rings. The first-order valence-electron chi connectivity index (χ1n) is 12.9. The molecule has 9 nitrogen and oxygen atoms in total. The van der Waals surface area contributed by atoms with Gasteiger partial charge in [0.05, 0.1) is 29.6 Å². The van der Waals surface area contributed by atoms with Crippen molar-refractivity contribution in [2.24, 2.45) is 0 Å². The predicted octanol–water partition coefficient (Wildman–Crippen LogP) is 9.09. The van der Waals surface area contributed by atoms with Crippen LogP contribution in [-0.4, -0.2) is 0 Å². The summed E-state index contributed by atoms with van der Waals surface area (Å²) in [7, 11) is -4.03. The molecule has 210 valence electrons. The second-order valence-electron chi connectivity index (χ2n) is 8.97. The van der Waals surface area contributed by atoms with E-state index in [1.165, 1.54) is 36.4 Å². The first kappa shape index (κ1) is 29.0. The normalized spacial score (nSPS) is 11.4. The van der Waals surface area contributed by atoms with Crippen LogP contribution < -0.4 is 23.8 Å². The molecule has 0 bridgehead atoms. The van der Waals surface area contributed by atoms with Crippen LogP contribution in [0.2, 0.25) is 0 Å². The van der Waals surface area contributed by atoms with Gasteiger partial charge < -0.3 is 18.5 Å². The molecule has 0 aromatic heterocycles. The Morgan fingerprint density at radius 1 is 0.545 bits per heavy atom. The average Bonchev–Trinajstić information content (AvgIpc) is 3.05. The van der Waals surface area contributed by atoms with Crippen molar-refractivity contribution in [2.75, 3.05) is 0 Å². The maximum Gasteiger partial charge on any atom is 0.462 e. The molecule has 0 saturated carbocycles. The molecule has 10 heteroatoms. The lowest BCUT2D eigenvalue weighted by molar-refractivity contribution is 0.396. The van der Waals surface area contributed by atoms with Crippen LogP contribution in [0.1, 0.15) is 11.1 Å². The van der Waals surface area contributed by atoms with Crippen molar-refractivity contribution in [1.29, 1.82) is 10.5 Å². The van der Waals surface area contributed by atoms with Crippen LogP contribution in [0.25, 0.3) is 9.69 Å². The Bertz CT molecular complexity index is 1940. The van der Waals surface area contributed by atoms with Crippen molar-refractivity contribution >= 4 is 24.3 Å². The van der Waals surface area contributed by atoms with Gasteiger partial charge in [0.15, 0.2) is 11.4 Å². The molecule has 1 unspecified atom stereocenters. The van der Waals surface area contributed by atoms with E-state index >= 15 is 0 Å². The summed E-state index contributed by atoms with van der Waals surface area (Å²) in [5.41, 5.74) is 0.808. The molecule has 5 rings (SSSR count). The molecule has 0 amide bonds. The molecule has 0 aliphatic carbocycles. The third-order valence-electron chi connectivity index (χ3n) is 6.03. The van der Waals surface area contributed by atoms with Crippen molar-refractivity contribution in [2.45, 2.75) is 0 Å². The predicted molar refractivity (Wildman–Crippen MR) is 163 cm³/mol. The van der Waals surface area contributed by atoms with Crippen molar-refractivity contribution in [3.63, 3.8) is 0 Å². The van der Waals surface area contributed by atoms with Gasteiger partial charge in [0, 0.05) is 12.1 Å². The van der Waals surface area contributed by atoms with Gasteiger partial charge in [0.25, 0.3) is 0 Å². The van der Waals surface area contributed by atoms with Crippen LogP contribution in [0.3, 0.4) is 0 Å². The summed E-state index contributed by atoms with van der Waals surface area (Å²) in [6, 6.07) is 34.4.